The van der Waals surface area contributed by atoms with Crippen LogP contribution in [0.15, 0.2) is 78.9 Å². The van der Waals surface area contributed by atoms with Gasteiger partial charge in [-0.1, -0.05) is 42.5 Å². The summed E-state index contributed by atoms with van der Waals surface area (Å²) in [7, 11) is 0. The van der Waals surface area contributed by atoms with Crippen LogP contribution in [0, 0.1) is 0 Å². The van der Waals surface area contributed by atoms with Crippen LogP contribution in [0.2, 0.25) is 0 Å². The normalized spacial score (nSPS) is 19.7. The van der Waals surface area contributed by atoms with E-state index in [4.69, 9.17) is 62.3 Å². The van der Waals surface area contributed by atoms with Gasteiger partial charge in [0.25, 0.3) is 0 Å². The molecule has 0 saturated carbocycles. The van der Waals surface area contributed by atoms with Gasteiger partial charge in [0.15, 0.2) is 0 Å². The number of ether oxygens (including phenoxy) is 10. The topological polar surface area (TPSA) is 137 Å². The first kappa shape index (κ1) is 47.7. The molecule has 0 radical (unpaired) electrons. The Morgan fingerprint density at radius 3 is 1.19 bits per heavy atom. The third-order valence-electron chi connectivity index (χ3n) is 10.0. The molecule has 0 atom stereocenters. The van der Waals surface area contributed by atoms with Crippen molar-refractivity contribution in [2.75, 3.05) is 145 Å². The first-order valence-corrected chi connectivity index (χ1v) is 22.0. The van der Waals surface area contributed by atoms with E-state index in [1.54, 1.807) is 0 Å². The Morgan fingerprint density at radius 1 is 0.339 bits per heavy atom. The van der Waals surface area contributed by atoms with Gasteiger partial charge in [0.2, 0.25) is 0 Å². The summed E-state index contributed by atoms with van der Waals surface area (Å²) in [6, 6.07) is 26.8. The third-order valence-corrected chi connectivity index (χ3v) is 10.0. The summed E-state index contributed by atoms with van der Waals surface area (Å²) in [5.41, 5.74) is 7.07. The maximum atomic E-state index is 5.92. The van der Waals surface area contributed by atoms with E-state index in [0.29, 0.717) is 145 Å². The summed E-state index contributed by atoms with van der Waals surface area (Å²) >= 11 is 0. The molecule has 62 heavy (non-hydrogen) atoms. The molecule has 3 aromatic heterocycles. The molecule has 0 N–H and O–H groups in total. The second-order valence-corrected chi connectivity index (χ2v) is 14.8. The molecule has 2 aliphatic heterocycles. The average molecular weight is 860 g/mol. The molecule has 6 rings (SSSR count). The molecule has 4 aromatic rings. The van der Waals surface area contributed by atoms with Gasteiger partial charge in [0.05, 0.1) is 127 Å². The molecule has 2 aliphatic rings. The van der Waals surface area contributed by atoms with E-state index in [1.807, 2.05) is 30.3 Å². The molecule has 0 bridgehead atoms. The molecule has 0 aliphatic carbocycles. The minimum absolute atomic E-state index is 0.246. The number of benzene rings is 1. The van der Waals surface area contributed by atoms with E-state index in [2.05, 4.69) is 58.3 Å². The van der Waals surface area contributed by atoms with Crippen LogP contribution in [0.1, 0.15) is 24.2 Å². The lowest BCUT2D eigenvalue weighted by molar-refractivity contribution is -0.0666. The predicted molar refractivity (Wildman–Crippen MR) is 234 cm³/mol. The van der Waals surface area contributed by atoms with E-state index >= 15 is 0 Å². The van der Waals surface area contributed by atoms with Crippen molar-refractivity contribution < 1.29 is 47.4 Å². The predicted octanol–water partition coefficient (Wildman–Crippen LogP) is 5.37. The van der Waals surface area contributed by atoms with E-state index in [0.717, 1.165) is 58.1 Å². The fourth-order valence-electron chi connectivity index (χ4n) is 6.75. The Balaban J connectivity index is 1.16. The standard InChI is InChI=1S/C47H65N5O10/c1-2-8-40(9-3-1)41-34-46(44-12-4-10-42(48-44)36-51-14-22-55-28-32-57-30-26-53-18-6-20-59-38-61-24-16-51)50-47(35-41)45-13-5-11-43(49-45)37-52-15-23-56-29-33-58-31-27-54-19-7-21-60-39-62-25-17-52/h1-5,8-13,34-35H,6-7,14-33,36-39H2. The van der Waals surface area contributed by atoms with Gasteiger partial charge in [-0.25, -0.2) is 15.0 Å². The van der Waals surface area contributed by atoms with Gasteiger partial charge in [-0.3, -0.25) is 9.80 Å². The van der Waals surface area contributed by atoms with Gasteiger partial charge >= 0.3 is 0 Å². The number of nitrogens with zero attached hydrogens (tertiary/aromatic N) is 5. The van der Waals surface area contributed by atoms with Crippen molar-refractivity contribution in [2.45, 2.75) is 25.9 Å². The van der Waals surface area contributed by atoms with Gasteiger partial charge < -0.3 is 47.4 Å². The van der Waals surface area contributed by atoms with E-state index in [-0.39, 0.29) is 13.6 Å². The number of hydrogen-bond acceptors (Lipinski definition) is 15. The molecule has 5 heterocycles. The van der Waals surface area contributed by atoms with Crippen molar-refractivity contribution in [3.05, 3.63) is 90.3 Å². The fraction of sp³-hybridized carbons (Fsp3) is 0.553. The van der Waals surface area contributed by atoms with Gasteiger partial charge in [0.1, 0.15) is 13.6 Å². The Morgan fingerprint density at radius 2 is 0.726 bits per heavy atom. The number of aromatic nitrogens is 3. The first-order valence-electron chi connectivity index (χ1n) is 22.0. The Hall–Kier alpha value is -3.81. The highest BCUT2D eigenvalue weighted by Crippen LogP contribution is 2.29. The third kappa shape index (κ3) is 18.5. The highest BCUT2D eigenvalue weighted by atomic mass is 16.7. The monoisotopic (exact) mass is 859 g/mol. The number of hydrogen-bond donors (Lipinski definition) is 0. The quantitative estimate of drug-likeness (QED) is 0.236. The van der Waals surface area contributed by atoms with Crippen LogP contribution in [0.25, 0.3) is 33.9 Å². The van der Waals surface area contributed by atoms with Crippen LogP contribution in [0.5, 0.6) is 0 Å². The summed E-state index contributed by atoms with van der Waals surface area (Å²) in [4.78, 5) is 20.1. The minimum Gasteiger partial charge on any atom is -0.379 e. The first-order chi connectivity index (χ1) is 30.8. The van der Waals surface area contributed by atoms with Crippen LogP contribution >= 0.6 is 0 Å². The van der Waals surface area contributed by atoms with E-state index < -0.39 is 0 Å². The largest absolute Gasteiger partial charge is 0.379 e. The molecule has 0 amide bonds. The van der Waals surface area contributed by atoms with Crippen molar-refractivity contribution in [3.8, 4) is 33.9 Å². The van der Waals surface area contributed by atoms with Crippen molar-refractivity contribution in [1.82, 2.24) is 24.8 Å². The van der Waals surface area contributed by atoms with Gasteiger partial charge in [-0.05, 0) is 60.4 Å². The summed E-state index contributed by atoms with van der Waals surface area (Å²) < 4.78 is 57.2. The molecule has 2 fully saturated rings. The Bertz CT molecular complexity index is 1650. The summed E-state index contributed by atoms with van der Waals surface area (Å²) in [5.74, 6) is 0. The molecule has 2 saturated heterocycles. The zero-order valence-electron chi connectivity index (χ0n) is 36.2. The summed E-state index contributed by atoms with van der Waals surface area (Å²) in [5, 5.41) is 0. The SMILES string of the molecule is c1ccc(-c2cc(-c3cccc(CN4CCOCCOCCOCCCOCOCC4)n3)nc(-c3cccc(CN4CCOCCOCCOCCCOCOCC4)n3)c2)cc1. The van der Waals surface area contributed by atoms with Crippen LogP contribution in [0.3, 0.4) is 0 Å². The summed E-state index contributed by atoms with van der Waals surface area (Å²) in [6.07, 6.45) is 1.62. The zero-order chi connectivity index (χ0) is 42.5. The summed E-state index contributed by atoms with van der Waals surface area (Å²) in [6.45, 7) is 13.5. The van der Waals surface area contributed by atoms with Crippen LogP contribution in [-0.4, -0.2) is 170 Å². The molecule has 0 spiro atoms. The molecule has 338 valence electrons. The molecule has 15 heteroatoms. The molecular formula is C47H65N5O10. The number of rotatable bonds is 7. The lowest BCUT2D eigenvalue weighted by atomic mass is 10.0. The second-order valence-electron chi connectivity index (χ2n) is 14.8. The molecule has 1 aromatic carbocycles. The lowest BCUT2D eigenvalue weighted by Gasteiger charge is -2.22. The maximum absolute atomic E-state index is 5.92. The fourth-order valence-corrected chi connectivity index (χ4v) is 6.75. The van der Waals surface area contributed by atoms with E-state index in [9.17, 15) is 0 Å². The van der Waals surface area contributed by atoms with Crippen LogP contribution in [-0.2, 0) is 60.5 Å². The van der Waals surface area contributed by atoms with Crippen molar-refractivity contribution in [1.29, 1.82) is 0 Å². The Kier molecular flexibility index (Phi) is 22.7. The average Bonchev–Trinajstić information content (AvgIpc) is 3.30. The molecule has 0 unspecified atom stereocenters. The highest BCUT2D eigenvalue weighted by molar-refractivity contribution is 5.74. The zero-order valence-corrected chi connectivity index (χ0v) is 36.2. The molecule has 15 nitrogen and oxygen atoms in total. The number of pyridine rings is 3. The van der Waals surface area contributed by atoms with Crippen molar-refractivity contribution in [3.63, 3.8) is 0 Å². The van der Waals surface area contributed by atoms with Crippen molar-refractivity contribution in [2.24, 2.45) is 0 Å². The van der Waals surface area contributed by atoms with Crippen molar-refractivity contribution >= 4 is 0 Å². The highest BCUT2D eigenvalue weighted by Gasteiger charge is 2.15. The van der Waals surface area contributed by atoms with Gasteiger partial charge in [-0.2, -0.15) is 0 Å². The maximum Gasteiger partial charge on any atom is 0.146 e. The van der Waals surface area contributed by atoms with E-state index in [1.165, 1.54) is 0 Å². The van der Waals surface area contributed by atoms with Gasteiger partial charge in [-0.15, -0.1) is 0 Å². The minimum atomic E-state index is 0.246. The van der Waals surface area contributed by atoms with Gasteiger partial charge in [0, 0.05) is 52.5 Å². The smallest absolute Gasteiger partial charge is 0.146 e. The lowest BCUT2D eigenvalue weighted by Crippen LogP contribution is -2.31. The molecular weight excluding hydrogens is 795 g/mol. The Labute approximate surface area is 366 Å². The van der Waals surface area contributed by atoms with Crippen LogP contribution < -0.4 is 0 Å². The van der Waals surface area contributed by atoms with Crippen LogP contribution in [0.4, 0.5) is 0 Å². The second kappa shape index (κ2) is 29.5.